The number of rotatable bonds is 6. The van der Waals surface area contributed by atoms with Crippen LogP contribution in [0.5, 0.6) is 17.4 Å². The Morgan fingerprint density at radius 1 is 1.27 bits per heavy atom. The summed E-state index contributed by atoms with van der Waals surface area (Å²) in [6.07, 6.45) is 3.14. The highest BCUT2D eigenvalue weighted by Gasteiger charge is 2.32. The molecule has 2 heterocycles. The zero-order chi connectivity index (χ0) is 21.7. The normalized spacial score (nSPS) is 16.3. The summed E-state index contributed by atoms with van der Waals surface area (Å²) in [4.78, 5) is 23.1. The first-order valence-corrected chi connectivity index (χ1v) is 10.6. The fourth-order valence-corrected chi connectivity index (χ4v) is 3.39. The van der Waals surface area contributed by atoms with Gasteiger partial charge in [0.2, 0.25) is 0 Å². The monoisotopic (exact) mass is 478 g/mol. The van der Waals surface area contributed by atoms with E-state index in [9.17, 15) is 4.79 Å². The van der Waals surface area contributed by atoms with Crippen molar-refractivity contribution in [3.63, 3.8) is 0 Å². The molecule has 0 saturated carbocycles. The van der Waals surface area contributed by atoms with E-state index in [2.05, 4.69) is 31.2 Å². The van der Waals surface area contributed by atoms with Crippen molar-refractivity contribution in [1.29, 1.82) is 0 Å². The molecule has 1 aliphatic heterocycles. The molecule has 8 nitrogen and oxygen atoms in total. The van der Waals surface area contributed by atoms with Crippen LogP contribution in [0.4, 0.5) is 10.6 Å². The molecule has 0 aliphatic carbocycles. The minimum absolute atomic E-state index is 0.0131. The number of anilines is 1. The summed E-state index contributed by atoms with van der Waals surface area (Å²) < 4.78 is 17.2. The van der Waals surface area contributed by atoms with Gasteiger partial charge in [-0.05, 0) is 73.8 Å². The third kappa shape index (κ3) is 5.98. The summed E-state index contributed by atoms with van der Waals surface area (Å²) in [7, 11) is 1.61. The van der Waals surface area contributed by atoms with Gasteiger partial charge in [-0.15, -0.1) is 0 Å². The van der Waals surface area contributed by atoms with Crippen LogP contribution in [0.15, 0.2) is 35.1 Å². The van der Waals surface area contributed by atoms with Crippen LogP contribution in [0.2, 0.25) is 0 Å². The second-order valence-electron chi connectivity index (χ2n) is 7.97. The van der Waals surface area contributed by atoms with Gasteiger partial charge < -0.3 is 24.4 Å². The van der Waals surface area contributed by atoms with E-state index < -0.39 is 5.60 Å². The Labute approximate surface area is 185 Å². The van der Waals surface area contributed by atoms with E-state index in [0.29, 0.717) is 35.1 Å². The number of nitrogens with zero attached hydrogens (tertiary/aromatic N) is 3. The number of ether oxygens (including phenoxy) is 3. The maximum atomic E-state index is 12.5. The standard InChI is InChI=1S/C21H27BrN4O4/c1-21(2,3)30-20(27)26-11-5-6-14(26)12-23-18-19(25-17(22)13-24-18)29-16-9-7-15(28-4)8-10-16/h7-10,13-14H,5-6,11-12H2,1-4H3,(H,23,24)/t14-/m0/s1. The van der Waals surface area contributed by atoms with E-state index >= 15 is 0 Å². The molecule has 1 amide bonds. The quantitative estimate of drug-likeness (QED) is 0.634. The van der Waals surface area contributed by atoms with Crippen molar-refractivity contribution < 1.29 is 19.0 Å². The number of carbonyl (C=O) groups is 1. The van der Waals surface area contributed by atoms with Crippen molar-refractivity contribution in [2.45, 2.75) is 45.3 Å². The average Bonchev–Trinajstić information content (AvgIpc) is 3.15. The molecule has 1 atom stereocenters. The molecule has 162 valence electrons. The molecule has 3 rings (SSSR count). The van der Waals surface area contributed by atoms with Gasteiger partial charge in [0.1, 0.15) is 21.7 Å². The van der Waals surface area contributed by atoms with Crippen molar-refractivity contribution in [3.8, 4) is 17.4 Å². The number of aromatic nitrogens is 2. The van der Waals surface area contributed by atoms with Crippen molar-refractivity contribution >= 4 is 27.8 Å². The molecular weight excluding hydrogens is 452 g/mol. The lowest BCUT2D eigenvalue weighted by Crippen LogP contribution is -2.42. The summed E-state index contributed by atoms with van der Waals surface area (Å²) in [5.41, 5.74) is -0.520. The molecule has 2 aromatic rings. The number of hydrogen-bond donors (Lipinski definition) is 1. The first-order valence-electron chi connectivity index (χ1n) is 9.83. The Balaban J connectivity index is 1.68. The van der Waals surface area contributed by atoms with Crippen LogP contribution in [0, 0.1) is 0 Å². The molecule has 30 heavy (non-hydrogen) atoms. The summed E-state index contributed by atoms with van der Waals surface area (Å²) in [6, 6.07) is 7.23. The first kappa shape index (κ1) is 22.1. The van der Waals surface area contributed by atoms with E-state index in [1.54, 1.807) is 30.3 Å². The summed E-state index contributed by atoms with van der Waals surface area (Å²) in [6.45, 7) is 6.81. The third-order valence-corrected chi connectivity index (χ3v) is 4.88. The number of methoxy groups -OCH3 is 1. The second-order valence-corrected chi connectivity index (χ2v) is 8.79. The highest BCUT2D eigenvalue weighted by atomic mass is 79.9. The lowest BCUT2D eigenvalue weighted by molar-refractivity contribution is 0.0235. The van der Waals surface area contributed by atoms with Gasteiger partial charge in [0.15, 0.2) is 5.82 Å². The second kappa shape index (κ2) is 9.51. The number of halogens is 1. The minimum atomic E-state index is -0.520. The SMILES string of the molecule is COc1ccc(Oc2nc(Br)cnc2NC[C@@H]2CCCN2C(=O)OC(C)(C)C)cc1. The maximum Gasteiger partial charge on any atom is 0.410 e. The van der Waals surface area contributed by atoms with Crippen LogP contribution >= 0.6 is 15.9 Å². The van der Waals surface area contributed by atoms with E-state index in [-0.39, 0.29) is 12.1 Å². The van der Waals surface area contributed by atoms with Crippen LogP contribution in [0.3, 0.4) is 0 Å². The van der Waals surface area contributed by atoms with Gasteiger partial charge in [-0.3, -0.25) is 0 Å². The zero-order valence-corrected chi connectivity index (χ0v) is 19.2. The third-order valence-electron chi connectivity index (χ3n) is 4.50. The molecule has 1 aromatic carbocycles. The highest BCUT2D eigenvalue weighted by molar-refractivity contribution is 9.10. The van der Waals surface area contributed by atoms with Gasteiger partial charge in [-0.2, -0.15) is 0 Å². The Kier molecular flexibility index (Phi) is 7.02. The largest absolute Gasteiger partial charge is 0.497 e. The smallest absolute Gasteiger partial charge is 0.410 e. The minimum Gasteiger partial charge on any atom is -0.497 e. The maximum absolute atomic E-state index is 12.5. The number of nitrogens with one attached hydrogen (secondary N) is 1. The highest BCUT2D eigenvalue weighted by Crippen LogP contribution is 2.29. The molecule has 1 fully saturated rings. The zero-order valence-electron chi connectivity index (χ0n) is 17.6. The molecule has 1 aliphatic rings. The van der Waals surface area contributed by atoms with Crippen LogP contribution in [0.25, 0.3) is 0 Å². The van der Waals surface area contributed by atoms with Crippen molar-refractivity contribution in [3.05, 3.63) is 35.1 Å². The molecule has 0 spiro atoms. The van der Waals surface area contributed by atoms with Gasteiger partial charge in [-0.25, -0.2) is 14.8 Å². The molecule has 0 radical (unpaired) electrons. The van der Waals surface area contributed by atoms with Gasteiger partial charge in [-0.1, -0.05) is 0 Å². The number of amides is 1. The van der Waals surface area contributed by atoms with Crippen LogP contribution in [-0.2, 0) is 4.74 Å². The van der Waals surface area contributed by atoms with Gasteiger partial charge in [0.05, 0.1) is 19.3 Å². The molecule has 1 saturated heterocycles. The predicted molar refractivity (Wildman–Crippen MR) is 117 cm³/mol. The molecule has 1 N–H and O–H groups in total. The van der Waals surface area contributed by atoms with Gasteiger partial charge in [0.25, 0.3) is 5.88 Å². The van der Waals surface area contributed by atoms with Crippen molar-refractivity contribution in [2.24, 2.45) is 0 Å². The lowest BCUT2D eigenvalue weighted by Gasteiger charge is -2.28. The van der Waals surface area contributed by atoms with Crippen molar-refractivity contribution in [2.75, 3.05) is 25.5 Å². The van der Waals surface area contributed by atoms with Crippen molar-refractivity contribution in [1.82, 2.24) is 14.9 Å². The summed E-state index contributed by atoms with van der Waals surface area (Å²) in [5, 5.41) is 3.28. The Morgan fingerprint density at radius 3 is 2.63 bits per heavy atom. The fraction of sp³-hybridized carbons (Fsp3) is 0.476. The van der Waals surface area contributed by atoms with Gasteiger partial charge in [0, 0.05) is 13.1 Å². The fourth-order valence-electron chi connectivity index (χ4n) is 3.12. The number of hydrogen-bond acceptors (Lipinski definition) is 7. The predicted octanol–water partition coefficient (Wildman–Crippen LogP) is 4.85. The molecule has 0 unspecified atom stereocenters. The van der Waals surface area contributed by atoms with E-state index in [1.807, 2.05) is 32.9 Å². The molecule has 0 bridgehead atoms. The van der Waals surface area contributed by atoms with Crippen LogP contribution in [-0.4, -0.2) is 52.8 Å². The van der Waals surface area contributed by atoms with E-state index in [4.69, 9.17) is 14.2 Å². The van der Waals surface area contributed by atoms with Crippen LogP contribution in [0.1, 0.15) is 33.6 Å². The van der Waals surface area contributed by atoms with Gasteiger partial charge >= 0.3 is 6.09 Å². The average molecular weight is 479 g/mol. The summed E-state index contributed by atoms with van der Waals surface area (Å²) in [5.74, 6) is 2.20. The molecule has 9 heteroatoms. The molecular formula is C21H27BrN4O4. The number of benzene rings is 1. The topological polar surface area (TPSA) is 85.8 Å². The van der Waals surface area contributed by atoms with Crippen LogP contribution < -0.4 is 14.8 Å². The Hall–Kier alpha value is -2.55. The Bertz CT molecular complexity index is 870. The summed E-state index contributed by atoms with van der Waals surface area (Å²) >= 11 is 3.34. The van der Waals surface area contributed by atoms with E-state index in [0.717, 1.165) is 18.6 Å². The lowest BCUT2D eigenvalue weighted by atomic mass is 10.2. The number of carbonyl (C=O) groups excluding carboxylic acids is 1. The first-order chi connectivity index (χ1) is 14.2. The number of likely N-dealkylation sites (tertiary alicyclic amines) is 1. The Morgan fingerprint density at radius 2 is 1.97 bits per heavy atom. The van der Waals surface area contributed by atoms with E-state index in [1.165, 1.54) is 0 Å². The molecule has 1 aromatic heterocycles.